The number of carbonyl (C=O) groups excluding carboxylic acids is 1. The van der Waals surface area contributed by atoms with Crippen LogP contribution in [0.4, 0.5) is 0 Å². The SMILES string of the molecule is COC(=O)CCCc1ccc(C(N=[N+]=[N-])C2CCCC2)cc1. The van der Waals surface area contributed by atoms with Crippen molar-refractivity contribution in [3.05, 3.63) is 45.8 Å². The van der Waals surface area contributed by atoms with E-state index >= 15 is 0 Å². The lowest BCUT2D eigenvalue weighted by molar-refractivity contribution is -0.140. The predicted molar refractivity (Wildman–Crippen MR) is 85.2 cm³/mol. The third-order valence-corrected chi connectivity index (χ3v) is 4.42. The first-order valence-corrected chi connectivity index (χ1v) is 7.94. The van der Waals surface area contributed by atoms with Crippen LogP contribution in [0.1, 0.15) is 55.7 Å². The Kier molecular flexibility index (Phi) is 6.28. The molecule has 0 heterocycles. The van der Waals surface area contributed by atoms with E-state index < -0.39 is 0 Å². The molecule has 0 aromatic heterocycles. The lowest BCUT2D eigenvalue weighted by Crippen LogP contribution is -2.07. The molecule has 1 aliphatic rings. The van der Waals surface area contributed by atoms with Crippen molar-refractivity contribution in [3.63, 3.8) is 0 Å². The summed E-state index contributed by atoms with van der Waals surface area (Å²) in [5.74, 6) is 0.308. The van der Waals surface area contributed by atoms with E-state index in [0.717, 1.165) is 31.2 Å². The van der Waals surface area contributed by atoms with E-state index in [1.165, 1.54) is 25.5 Å². The number of ether oxygens (including phenoxy) is 1. The van der Waals surface area contributed by atoms with Crippen molar-refractivity contribution in [2.75, 3.05) is 7.11 Å². The minimum atomic E-state index is -0.165. The lowest BCUT2D eigenvalue weighted by atomic mass is 9.91. The molecule has 0 amide bonds. The Morgan fingerprint density at radius 3 is 2.64 bits per heavy atom. The number of rotatable bonds is 7. The lowest BCUT2D eigenvalue weighted by Gasteiger charge is -2.19. The number of hydrogen-bond acceptors (Lipinski definition) is 3. The fourth-order valence-electron chi connectivity index (χ4n) is 3.18. The van der Waals surface area contributed by atoms with Crippen LogP contribution in [0, 0.1) is 5.92 Å². The van der Waals surface area contributed by atoms with Crippen LogP contribution in [0.2, 0.25) is 0 Å². The van der Waals surface area contributed by atoms with Crippen LogP contribution in [0.5, 0.6) is 0 Å². The molecule has 1 saturated carbocycles. The fraction of sp³-hybridized carbons (Fsp3) is 0.588. The fourth-order valence-corrected chi connectivity index (χ4v) is 3.18. The minimum absolute atomic E-state index is 0.0448. The van der Waals surface area contributed by atoms with E-state index in [1.807, 2.05) is 0 Å². The Labute approximate surface area is 131 Å². The van der Waals surface area contributed by atoms with Gasteiger partial charge in [-0.15, -0.1) is 0 Å². The largest absolute Gasteiger partial charge is 0.469 e. The predicted octanol–water partition coefficient (Wildman–Crippen LogP) is 4.72. The molecule has 1 aliphatic carbocycles. The Hall–Kier alpha value is -2.00. The number of benzene rings is 1. The monoisotopic (exact) mass is 301 g/mol. The second kappa shape index (κ2) is 8.44. The molecule has 22 heavy (non-hydrogen) atoms. The Balaban J connectivity index is 1.97. The first-order valence-electron chi connectivity index (χ1n) is 7.94. The van der Waals surface area contributed by atoms with Crippen molar-refractivity contribution in [1.29, 1.82) is 0 Å². The Bertz CT molecular complexity index is 529. The van der Waals surface area contributed by atoms with E-state index in [0.29, 0.717) is 12.3 Å². The number of esters is 1. The van der Waals surface area contributed by atoms with E-state index in [-0.39, 0.29) is 12.0 Å². The molecule has 5 nitrogen and oxygen atoms in total. The summed E-state index contributed by atoms with van der Waals surface area (Å²) in [6.45, 7) is 0. The highest BCUT2D eigenvalue weighted by Gasteiger charge is 2.25. The van der Waals surface area contributed by atoms with Crippen LogP contribution in [0.25, 0.3) is 10.4 Å². The number of nitrogens with zero attached hydrogens (tertiary/aromatic N) is 3. The maximum atomic E-state index is 11.1. The molecular weight excluding hydrogens is 278 g/mol. The number of methoxy groups -OCH3 is 1. The number of aryl methyl sites for hydroxylation is 1. The van der Waals surface area contributed by atoms with Gasteiger partial charge in [-0.25, -0.2) is 0 Å². The van der Waals surface area contributed by atoms with Gasteiger partial charge in [-0.05, 0) is 48.3 Å². The molecule has 0 radical (unpaired) electrons. The summed E-state index contributed by atoms with van der Waals surface area (Å²) in [7, 11) is 1.41. The maximum absolute atomic E-state index is 11.1. The quantitative estimate of drug-likeness (QED) is 0.316. The highest BCUT2D eigenvalue weighted by Crippen LogP contribution is 2.38. The van der Waals surface area contributed by atoms with Crippen molar-refractivity contribution in [2.24, 2.45) is 11.0 Å². The molecule has 0 bridgehead atoms. The van der Waals surface area contributed by atoms with Gasteiger partial charge in [0.25, 0.3) is 0 Å². The van der Waals surface area contributed by atoms with Crippen molar-refractivity contribution < 1.29 is 9.53 Å². The van der Waals surface area contributed by atoms with Gasteiger partial charge in [-0.1, -0.05) is 42.2 Å². The molecule has 118 valence electrons. The molecule has 1 unspecified atom stereocenters. The topological polar surface area (TPSA) is 75.1 Å². The first-order chi connectivity index (χ1) is 10.7. The summed E-state index contributed by atoms with van der Waals surface area (Å²) in [6.07, 6.45) is 6.83. The Morgan fingerprint density at radius 2 is 2.05 bits per heavy atom. The van der Waals surface area contributed by atoms with Crippen molar-refractivity contribution in [1.82, 2.24) is 0 Å². The average molecular weight is 301 g/mol. The smallest absolute Gasteiger partial charge is 0.305 e. The van der Waals surface area contributed by atoms with Gasteiger partial charge in [0.2, 0.25) is 0 Å². The van der Waals surface area contributed by atoms with Crippen LogP contribution in [0.15, 0.2) is 29.4 Å². The van der Waals surface area contributed by atoms with Gasteiger partial charge in [0.1, 0.15) is 0 Å². The highest BCUT2D eigenvalue weighted by molar-refractivity contribution is 5.69. The summed E-state index contributed by atoms with van der Waals surface area (Å²) in [5.41, 5.74) is 11.1. The van der Waals surface area contributed by atoms with Crippen LogP contribution in [-0.2, 0) is 16.0 Å². The molecular formula is C17H23N3O2. The van der Waals surface area contributed by atoms with Gasteiger partial charge in [-0.3, -0.25) is 4.79 Å². The molecule has 0 N–H and O–H groups in total. The summed E-state index contributed by atoms with van der Waals surface area (Å²) >= 11 is 0. The van der Waals surface area contributed by atoms with Crippen molar-refractivity contribution in [2.45, 2.75) is 51.0 Å². The molecule has 1 aromatic rings. The minimum Gasteiger partial charge on any atom is -0.469 e. The second-order valence-electron chi connectivity index (χ2n) is 5.87. The average Bonchev–Trinajstić information content (AvgIpc) is 3.07. The molecule has 1 atom stereocenters. The Morgan fingerprint density at radius 1 is 1.36 bits per heavy atom. The number of azide groups is 1. The van der Waals surface area contributed by atoms with Crippen LogP contribution < -0.4 is 0 Å². The van der Waals surface area contributed by atoms with Crippen molar-refractivity contribution >= 4 is 5.97 Å². The van der Waals surface area contributed by atoms with Crippen LogP contribution in [-0.4, -0.2) is 13.1 Å². The van der Waals surface area contributed by atoms with Gasteiger partial charge in [0.05, 0.1) is 13.2 Å². The second-order valence-corrected chi connectivity index (χ2v) is 5.87. The maximum Gasteiger partial charge on any atom is 0.305 e. The molecule has 1 fully saturated rings. The number of carbonyl (C=O) groups is 1. The van der Waals surface area contributed by atoms with Gasteiger partial charge in [0.15, 0.2) is 0 Å². The van der Waals surface area contributed by atoms with E-state index in [2.05, 4.69) is 39.0 Å². The zero-order valence-corrected chi connectivity index (χ0v) is 13.1. The molecule has 0 saturated heterocycles. The van der Waals surface area contributed by atoms with Gasteiger partial charge >= 0.3 is 5.97 Å². The highest BCUT2D eigenvalue weighted by atomic mass is 16.5. The van der Waals surface area contributed by atoms with E-state index in [9.17, 15) is 4.79 Å². The zero-order valence-electron chi connectivity index (χ0n) is 13.1. The molecule has 2 rings (SSSR count). The zero-order chi connectivity index (χ0) is 15.8. The standard InChI is InChI=1S/C17H23N3O2/c1-22-16(21)8-4-5-13-9-11-15(12-10-13)17(19-20-18)14-6-2-3-7-14/h9-12,14,17H,2-8H2,1H3. The summed E-state index contributed by atoms with van der Waals surface area (Å²) < 4.78 is 4.64. The summed E-state index contributed by atoms with van der Waals surface area (Å²) in [5, 5.41) is 4.02. The van der Waals surface area contributed by atoms with Gasteiger partial charge in [-0.2, -0.15) is 0 Å². The summed E-state index contributed by atoms with van der Waals surface area (Å²) in [6, 6.07) is 8.22. The molecule has 0 aliphatic heterocycles. The van der Waals surface area contributed by atoms with Crippen molar-refractivity contribution in [3.8, 4) is 0 Å². The molecule has 5 heteroatoms. The molecule has 0 spiro atoms. The van der Waals surface area contributed by atoms with E-state index in [1.54, 1.807) is 0 Å². The van der Waals surface area contributed by atoms with E-state index in [4.69, 9.17) is 5.53 Å². The molecule has 1 aromatic carbocycles. The van der Waals surface area contributed by atoms with Crippen LogP contribution >= 0.6 is 0 Å². The summed E-state index contributed by atoms with van der Waals surface area (Å²) in [4.78, 5) is 14.1. The van der Waals surface area contributed by atoms with Gasteiger partial charge < -0.3 is 4.74 Å². The van der Waals surface area contributed by atoms with Gasteiger partial charge in [0, 0.05) is 11.3 Å². The number of hydrogen-bond donors (Lipinski definition) is 0. The third kappa shape index (κ3) is 4.50. The van der Waals surface area contributed by atoms with Crippen LogP contribution in [0.3, 0.4) is 0 Å². The normalized spacial score (nSPS) is 16.0. The third-order valence-electron chi connectivity index (χ3n) is 4.42. The first kappa shape index (κ1) is 16.4.